The van der Waals surface area contributed by atoms with Crippen LogP contribution in [0, 0.1) is 11.8 Å². The number of piperidine rings is 1. The van der Waals surface area contributed by atoms with Crippen molar-refractivity contribution in [3.8, 4) is 0 Å². The van der Waals surface area contributed by atoms with Gasteiger partial charge in [0.1, 0.15) is 0 Å². The van der Waals surface area contributed by atoms with Crippen molar-refractivity contribution in [2.75, 3.05) is 18.4 Å². The molecule has 0 aromatic carbocycles. The smallest absolute Gasteiger partial charge is 0.317 e. The standard InChI is InChI=1S/C16H26N4O2S/c1-4-12-10-20(16(22)18-11(2)3)7-5-13(12)9-14(21)19-15-17-6-8-23-15/h6,8,11-13H,4-5,7,9-10H2,1-3H3,(H,18,22)(H,17,19,21). The molecule has 128 valence electrons. The number of aromatic nitrogens is 1. The van der Waals surface area contributed by atoms with Crippen molar-refractivity contribution in [2.45, 2.75) is 46.1 Å². The highest BCUT2D eigenvalue weighted by atomic mass is 32.1. The number of carbonyl (C=O) groups excluding carboxylic acids is 2. The zero-order valence-electron chi connectivity index (χ0n) is 14.0. The molecule has 0 saturated carbocycles. The third-order valence-corrected chi connectivity index (χ3v) is 4.93. The topological polar surface area (TPSA) is 74.3 Å². The lowest BCUT2D eigenvalue weighted by Crippen LogP contribution is -2.49. The van der Waals surface area contributed by atoms with E-state index in [0.717, 1.165) is 19.4 Å². The molecule has 1 aliphatic heterocycles. The first-order valence-electron chi connectivity index (χ1n) is 8.24. The molecule has 1 aliphatic rings. The minimum absolute atomic E-state index is 0.00383. The number of hydrogen-bond acceptors (Lipinski definition) is 4. The highest BCUT2D eigenvalue weighted by Gasteiger charge is 2.31. The van der Waals surface area contributed by atoms with Gasteiger partial charge in [0.05, 0.1) is 0 Å². The summed E-state index contributed by atoms with van der Waals surface area (Å²) in [5.74, 6) is 0.704. The molecule has 1 saturated heterocycles. The Morgan fingerprint density at radius 3 is 2.83 bits per heavy atom. The fourth-order valence-electron chi connectivity index (χ4n) is 3.03. The van der Waals surface area contributed by atoms with Gasteiger partial charge in [-0.1, -0.05) is 13.3 Å². The predicted octanol–water partition coefficient (Wildman–Crippen LogP) is 2.94. The van der Waals surface area contributed by atoms with Crippen LogP contribution in [0.15, 0.2) is 11.6 Å². The number of nitrogens with zero attached hydrogens (tertiary/aromatic N) is 2. The van der Waals surface area contributed by atoms with Gasteiger partial charge in [0.25, 0.3) is 0 Å². The van der Waals surface area contributed by atoms with E-state index in [-0.39, 0.29) is 18.0 Å². The van der Waals surface area contributed by atoms with Crippen LogP contribution in [0.3, 0.4) is 0 Å². The quantitative estimate of drug-likeness (QED) is 0.867. The molecule has 0 aliphatic carbocycles. The molecule has 2 rings (SSSR count). The van der Waals surface area contributed by atoms with Gasteiger partial charge in [-0.25, -0.2) is 9.78 Å². The summed E-state index contributed by atoms with van der Waals surface area (Å²) in [6.07, 6.45) is 4.02. The number of thiazole rings is 1. The third-order valence-electron chi connectivity index (χ3n) is 4.24. The Kier molecular flexibility index (Phi) is 6.38. The Morgan fingerprint density at radius 2 is 2.22 bits per heavy atom. The largest absolute Gasteiger partial charge is 0.336 e. The lowest BCUT2D eigenvalue weighted by atomic mass is 9.81. The summed E-state index contributed by atoms with van der Waals surface area (Å²) in [5.41, 5.74) is 0. The molecule has 3 amide bonds. The average Bonchev–Trinajstić information content (AvgIpc) is 2.99. The maximum absolute atomic E-state index is 12.2. The van der Waals surface area contributed by atoms with Crippen LogP contribution in [0.25, 0.3) is 0 Å². The van der Waals surface area contributed by atoms with Crippen LogP contribution >= 0.6 is 11.3 Å². The molecule has 0 bridgehead atoms. The van der Waals surface area contributed by atoms with E-state index >= 15 is 0 Å². The number of anilines is 1. The number of rotatable bonds is 5. The van der Waals surface area contributed by atoms with E-state index in [4.69, 9.17) is 0 Å². The third kappa shape index (κ3) is 5.20. The number of hydrogen-bond donors (Lipinski definition) is 2. The van der Waals surface area contributed by atoms with Crippen LogP contribution in [0.2, 0.25) is 0 Å². The summed E-state index contributed by atoms with van der Waals surface area (Å²) in [6.45, 7) is 7.49. The van der Waals surface area contributed by atoms with E-state index in [1.807, 2.05) is 24.1 Å². The Balaban J connectivity index is 1.86. The molecule has 2 N–H and O–H groups in total. The van der Waals surface area contributed by atoms with Crippen molar-refractivity contribution in [2.24, 2.45) is 11.8 Å². The number of urea groups is 1. The van der Waals surface area contributed by atoms with Crippen LogP contribution in [0.4, 0.5) is 9.93 Å². The lowest BCUT2D eigenvalue weighted by molar-refractivity contribution is -0.117. The summed E-state index contributed by atoms with van der Waals surface area (Å²) in [5, 5.41) is 8.29. The zero-order chi connectivity index (χ0) is 16.8. The summed E-state index contributed by atoms with van der Waals surface area (Å²) >= 11 is 1.43. The molecular weight excluding hydrogens is 312 g/mol. The Hall–Kier alpha value is -1.63. The molecule has 6 nitrogen and oxygen atoms in total. The van der Waals surface area contributed by atoms with Crippen molar-refractivity contribution in [1.29, 1.82) is 0 Å². The van der Waals surface area contributed by atoms with E-state index in [0.29, 0.717) is 29.9 Å². The molecule has 2 atom stereocenters. The van der Waals surface area contributed by atoms with E-state index in [1.54, 1.807) is 6.20 Å². The molecule has 2 heterocycles. The summed E-state index contributed by atoms with van der Waals surface area (Å²) in [4.78, 5) is 30.3. The van der Waals surface area contributed by atoms with Crippen molar-refractivity contribution in [3.05, 3.63) is 11.6 Å². The van der Waals surface area contributed by atoms with Gasteiger partial charge < -0.3 is 15.5 Å². The summed E-state index contributed by atoms with van der Waals surface area (Å²) in [7, 11) is 0. The first kappa shape index (κ1) is 17.7. The second kappa shape index (κ2) is 8.29. The van der Waals surface area contributed by atoms with Crippen molar-refractivity contribution >= 4 is 28.4 Å². The predicted molar refractivity (Wildman–Crippen MR) is 92.5 cm³/mol. The highest BCUT2D eigenvalue weighted by molar-refractivity contribution is 7.13. The van der Waals surface area contributed by atoms with E-state index in [1.165, 1.54) is 11.3 Å². The van der Waals surface area contributed by atoms with Crippen molar-refractivity contribution in [1.82, 2.24) is 15.2 Å². The first-order chi connectivity index (χ1) is 11.0. The maximum atomic E-state index is 12.2. The summed E-state index contributed by atoms with van der Waals surface area (Å²) < 4.78 is 0. The average molecular weight is 338 g/mol. The molecular formula is C16H26N4O2S. The van der Waals surface area contributed by atoms with E-state index in [9.17, 15) is 9.59 Å². The number of carbonyl (C=O) groups is 2. The lowest BCUT2D eigenvalue weighted by Gasteiger charge is -2.38. The van der Waals surface area contributed by atoms with Gasteiger partial charge in [0.2, 0.25) is 5.91 Å². The second-order valence-corrected chi connectivity index (χ2v) is 7.25. The molecule has 0 spiro atoms. The van der Waals surface area contributed by atoms with Gasteiger partial charge in [-0.3, -0.25) is 4.79 Å². The fraction of sp³-hybridized carbons (Fsp3) is 0.688. The second-order valence-electron chi connectivity index (χ2n) is 6.36. The van der Waals surface area contributed by atoms with E-state index in [2.05, 4.69) is 22.5 Å². The van der Waals surface area contributed by atoms with Crippen LogP contribution in [-0.4, -0.2) is 41.0 Å². The monoisotopic (exact) mass is 338 g/mol. The maximum Gasteiger partial charge on any atom is 0.317 e. The van der Waals surface area contributed by atoms with Gasteiger partial charge in [-0.2, -0.15) is 0 Å². The number of nitrogens with one attached hydrogen (secondary N) is 2. The SMILES string of the molecule is CCC1CN(C(=O)NC(C)C)CCC1CC(=O)Nc1nccs1. The molecule has 7 heteroatoms. The Labute approximate surface area is 141 Å². The Bertz CT molecular complexity index is 518. The van der Waals surface area contributed by atoms with E-state index < -0.39 is 0 Å². The highest BCUT2D eigenvalue weighted by Crippen LogP contribution is 2.29. The molecule has 1 aromatic heterocycles. The van der Waals surface area contributed by atoms with Gasteiger partial charge in [-0.15, -0.1) is 11.3 Å². The van der Waals surface area contributed by atoms with Crippen LogP contribution in [0.1, 0.15) is 40.0 Å². The van der Waals surface area contributed by atoms with Crippen molar-refractivity contribution < 1.29 is 9.59 Å². The zero-order valence-corrected chi connectivity index (χ0v) is 14.9. The minimum Gasteiger partial charge on any atom is -0.336 e. The Morgan fingerprint density at radius 1 is 1.43 bits per heavy atom. The number of amides is 3. The molecule has 1 aromatic rings. The van der Waals surface area contributed by atoms with Crippen LogP contribution in [-0.2, 0) is 4.79 Å². The van der Waals surface area contributed by atoms with Crippen molar-refractivity contribution in [3.63, 3.8) is 0 Å². The number of likely N-dealkylation sites (tertiary alicyclic amines) is 1. The van der Waals surface area contributed by atoms with Crippen LogP contribution < -0.4 is 10.6 Å². The van der Waals surface area contributed by atoms with Gasteiger partial charge in [0.15, 0.2) is 5.13 Å². The van der Waals surface area contributed by atoms with Gasteiger partial charge in [-0.05, 0) is 32.1 Å². The fourth-order valence-corrected chi connectivity index (χ4v) is 3.57. The first-order valence-corrected chi connectivity index (χ1v) is 9.12. The van der Waals surface area contributed by atoms with Gasteiger partial charge >= 0.3 is 6.03 Å². The molecule has 0 radical (unpaired) electrons. The van der Waals surface area contributed by atoms with Gasteiger partial charge in [0, 0.05) is 37.1 Å². The molecule has 1 fully saturated rings. The van der Waals surface area contributed by atoms with Crippen LogP contribution in [0.5, 0.6) is 0 Å². The molecule has 2 unspecified atom stereocenters. The normalized spacial score (nSPS) is 21.3. The summed E-state index contributed by atoms with van der Waals surface area (Å²) in [6, 6.07) is 0.147. The molecule has 23 heavy (non-hydrogen) atoms. The minimum atomic E-state index is 0.00383.